The number of rotatable bonds is 4. The first kappa shape index (κ1) is 19.6. The molecular weight excluding hydrogens is 372 g/mol. The molecule has 0 radical (unpaired) electrons. The monoisotopic (exact) mass is 394 g/mol. The number of likely N-dealkylation sites (tertiary alicyclic amines) is 1. The van der Waals surface area contributed by atoms with Crippen LogP contribution in [-0.4, -0.2) is 40.9 Å². The molecule has 1 aliphatic heterocycles. The summed E-state index contributed by atoms with van der Waals surface area (Å²) in [6, 6.07) is 3.68. The van der Waals surface area contributed by atoms with E-state index in [2.05, 4.69) is 20.8 Å². The summed E-state index contributed by atoms with van der Waals surface area (Å²) < 4.78 is 5.13. The standard InChI is InChI=1S/C19H23ClN2O5/c1-18(2)7-13-8-19(3,10-18)11-21(13)16(23)9-27-17(24)14-5-4-12(22(25)26)6-15(14)20/h4-6,13H,7-11H2,1-3H3. The molecule has 1 saturated carbocycles. The summed E-state index contributed by atoms with van der Waals surface area (Å²) in [5.41, 5.74) is 0.0832. The number of non-ortho nitro benzene ring substituents is 1. The van der Waals surface area contributed by atoms with E-state index in [0.717, 1.165) is 25.3 Å². The lowest BCUT2D eigenvalue weighted by atomic mass is 9.65. The lowest BCUT2D eigenvalue weighted by Gasteiger charge is -2.39. The van der Waals surface area contributed by atoms with Crippen molar-refractivity contribution >= 4 is 29.2 Å². The number of nitro benzene ring substituents is 1. The Morgan fingerprint density at radius 2 is 2.04 bits per heavy atom. The van der Waals surface area contributed by atoms with Gasteiger partial charge in [0.25, 0.3) is 11.6 Å². The molecule has 0 N–H and O–H groups in total. The number of hydrogen-bond donors (Lipinski definition) is 0. The number of benzene rings is 1. The largest absolute Gasteiger partial charge is 0.452 e. The van der Waals surface area contributed by atoms with Crippen LogP contribution in [0.1, 0.15) is 50.4 Å². The first-order valence-corrected chi connectivity index (χ1v) is 9.28. The third kappa shape index (κ3) is 4.08. The normalized spacial score (nSPS) is 25.9. The maximum atomic E-state index is 12.6. The summed E-state index contributed by atoms with van der Waals surface area (Å²) in [7, 11) is 0. The van der Waals surface area contributed by atoms with Crippen molar-refractivity contribution < 1.29 is 19.2 Å². The van der Waals surface area contributed by atoms with Gasteiger partial charge in [-0.15, -0.1) is 0 Å². The van der Waals surface area contributed by atoms with Crippen LogP contribution in [0.5, 0.6) is 0 Å². The van der Waals surface area contributed by atoms with Gasteiger partial charge in [-0.05, 0) is 36.2 Å². The molecule has 3 rings (SSSR count). The molecular formula is C19H23ClN2O5. The number of amides is 1. The second-order valence-corrected chi connectivity index (χ2v) is 9.14. The SMILES string of the molecule is CC1(C)CC2CC(C)(CN2C(=O)COC(=O)c2ccc([N+](=O)[O-])cc2Cl)C1. The zero-order valence-corrected chi connectivity index (χ0v) is 16.4. The summed E-state index contributed by atoms with van der Waals surface area (Å²) in [4.78, 5) is 36.8. The number of hydrogen-bond acceptors (Lipinski definition) is 5. The topological polar surface area (TPSA) is 89.8 Å². The van der Waals surface area contributed by atoms with E-state index in [1.54, 1.807) is 0 Å². The Bertz CT molecular complexity index is 809. The fourth-order valence-corrected chi connectivity index (χ4v) is 5.07. The van der Waals surface area contributed by atoms with Crippen LogP contribution >= 0.6 is 11.6 Å². The molecule has 2 aliphatic rings. The van der Waals surface area contributed by atoms with Gasteiger partial charge < -0.3 is 9.64 Å². The maximum Gasteiger partial charge on any atom is 0.340 e. The molecule has 0 spiro atoms. The number of esters is 1. The van der Waals surface area contributed by atoms with E-state index in [1.165, 1.54) is 12.1 Å². The quantitative estimate of drug-likeness (QED) is 0.439. The molecule has 2 bridgehead atoms. The average Bonchev–Trinajstić information content (AvgIpc) is 2.81. The molecule has 0 aromatic heterocycles. The third-order valence-electron chi connectivity index (χ3n) is 5.45. The van der Waals surface area contributed by atoms with E-state index in [0.29, 0.717) is 6.54 Å². The maximum absolute atomic E-state index is 12.6. The average molecular weight is 395 g/mol. The zero-order valence-electron chi connectivity index (χ0n) is 15.7. The molecule has 1 saturated heterocycles. The van der Waals surface area contributed by atoms with Crippen molar-refractivity contribution in [2.75, 3.05) is 13.2 Å². The number of ether oxygens (including phenoxy) is 1. The zero-order chi connectivity index (χ0) is 20.0. The smallest absolute Gasteiger partial charge is 0.340 e. The Balaban J connectivity index is 1.63. The molecule has 146 valence electrons. The Kier molecular flexibility index (Phi) is 4.93. The fourth-order valence-electron chi connectivity index (χ4n) is 4.82. The molecule has 8 heteroatoms. The van der Waals surface area contributed by atoms with Crippen LogP contribution in [0.3, 0.4) is 0 Å². The van der Waals surface area contributed by atoms with Crippen molar-refractivity contribution in [1.29, 1.82) is 0 Å². The molecule has 1 aromatic rings. The van der Waals surface area contributed by atoms with Gasteiger partial charge >= 0.3 is 5.97 Å². The molecule has 27 heavy (non-hydrogen) atoms. The molecule has 1 aliphatic carbocycles. The van der Waals surface area contributed by atoms with Gasteiger partial charge in [0, 0.05) is 24.7 Å². The van der Waals surface area contributed by atoms with Crippen LogP contribution < -0.4 is 0 Å². The second kappa shape index (κ2) is 6.78. The minimum Gasteiger partial charge on any atom is -0.452 e. The van der Waals surface area contributed by atoms with E-state index >= 15 is 0 Å². The first-order valence-electron chi connectivity index (χ1n) is 8.90. The highest BCUT2D eigenvalue weighted by Crippen LogP contribution is 2.52. The Morgan fingerprint density at radius 3 is 2.67 bits per heavy atom. The van der Waals surface area contributed by atoms with Crippen molar-refractivity contribution in [1.82, 2.24) is 4.90 Å². The van der Waals surface area contributed by atoms with Gasteiger partial charge in [-0.1, -0.05) is 32.4 Å². The molecule has 1 amide bonds. The van der Waals surface area contributed by atoms with Gasteiger partial charge in [-0.25, -0.2) is 4.79 Å². The highest BCUT2D eigenvalue weighted by Gasteiger charge is 2.50. The summed E-state index contributed by atoms with van der Waals surface area (Å²) in [6.07, 6.45) is 2.99. The van der Waals surface area contributed by atoms with Crippen molar-refractivity contribution in [2.45, 2.75) is 46.1 Å². The predicted octanol–water partition coefficient (Wildman–Crippen LogP) is 3.83. The van der Waals surface area contributed by atoms with Gasteiger partial charge in [0.05, 0.1) is 15.5 Å². The Hall–Kier alpha value is -2.15. The van der Waals surface area contributed by atoms with Crippen LogP contribution in [0, 0.1) is 20.9 Å². The lowest BCUT2D eigenvalue weighted by Crippen LogP contribution is -2.39. The van der Waals surface area contributed by atoms with Crippen LogP contribution in [-0.2, 0) is 9.53 Å². The van der Waals surface area contributed by atoms with Crippen LogP contribution in [0.15, 0.2) is 18.2 Å². The minimum atomic E-state index is -0.767. The van der Waals surface area contributed by atoms with E-state index in [1.807, 2.05) is 4.90 Å². The van der Waals surface area contributed by atoms with Gasteiger partial charge in [0.1, 0.15) is 0 Å². The Morgan fingerprint density at radius 1 is 1.33 bits per heavy atom. The van der Waals surface area contributed by atoms with Crippen molar-refractivity contribution in [2.24, 2.45) is 10.8 Å². The number of fused-ring (bicyclic) bond motifs is 2. The predicted molar refractivity (Wildman–Crippen MR) is 99.6 cm³/mol. The van der Waals surface area contributed by atoms with Gasteiger partial charge in [0.15, 0.2) is 6.61 Å². The van der Waals surface area contributed by atoms with Crippen LogP contribution in [0.4, 0.5) is 5.69 Å². The van der Waals surface area contributed by atoms with E-state index < -0.39 is 10.9 Å². The lowest BCUT2D eigenvalue weighted by molar-refractivity contribution is -0.384. The van der Waals surface area contributed by atoms with Crippen molar-refractivity contribution in [3.63, 3.8) is 0 Å². The number of carbonyl (C=O) groups is 2. The fraction of sp³-hybridized carbons (Fsp3) is 0.579. The molecule has 1 heterocycles. The highest BCUT2D eigenvalue weighted by atomic mass is 35.5. The van der Waals surface area contributed by atoms with Crippen molar-refractivity contribution in [3.8, 4) is 0 Å². The van der Waals surface area contributed by atoms with E-state index in [4.69, 9.17) is 16.3 Å². The first-order chi connectivity index (χ1) is 12.5. The van der Waals surface area contributed by atoms with E-state index in [9.17, 15) is 19.7 Å². The number of carbonyl (C=O) groups excluding carboxylic acids is 2. The summed E-state index contributed by atoms with van der Waals surface area (Å²) in [5, 5.41) is 10.7. The van der Waals surface area contributed by atoms with Crippen LogP contribution in [0.25, 0.3) is 0 Å². The third-order valence-corrected chi connectivity index (χ3v) is 5.76. The number of halogens is 1. The van der Waals surface area contributed by atoms with Gasteiger partial charge in [0.2, 0.25) is 0 Å². The Labute approximate surface area is 162 Å². The summed E-state index contributed by atoms with van der Waals surface area (Å²) in [6.45, 7) is 6.97. The number of nitro groups is 1. The second-order valence-electron chi connectivity index (χ2n) is 8.73. The molecule has 2 unspecified atom stereocenters. The highest BCUT2D eigenvalue weighted by molar-refractivity contribution is 6.33. The van der Waals surface area contributed by atoms with Crippen molar-refractivity contribution in [3.05, 3.63) is 38.9 Å². The van der Waals surface area contributed by atoms with Gasteiger partial charge in [-0.3, -0.25) is 14.9 Å². The molecule has 2 atom stereocenters. The molecule has 2 fully saturated rings. The van der Waals surface area contributed by atoms with Gasteiger partial charge in [-0.2, -0.15) is 0 Å². The summed E-state index contributed by atoms with van der Waals surface area (Å²) in [5.74, 6) is -0.982. The molecule has 1 aromatic carbocycles. The van der Waals surface area contributed by atoms with Crippen LogP contribution in [0.2, 0.25) is 5.02 Å². The number of nitrogens with zero attached hydrogens (tertiary/aromatic N) is 2. The molecule has 7 nitrogen and oxygen atoms in total. The van der Waals surface area contributed by atoms with E-state index in [-0.39, 0.29) is 45.7 Å². The minimum absolute atomic E-state index is 0.00308. The summed E-state index contributed by atoms with van der Waals surface area (Å²) >= 11 is 5.93.